The third kappa shape index (κ3) is 2.81. The topological polar surface area (TPSA) is 133 Å². The van der Waals surface area contributed by atoms with Crippen LogP contribution < -0.4 is 5.32 Å². The first-order valence-corrected chi connectivity index (χ1v) is 11.3. The largest absolute Gasteiger partial charge is 0.506 e. The smallest absolute Gasteiger partial charge is 0.339 e. The number of anilines is 1. The fourth-order valence-corrected chi connectivity index (χ4v) is 7.60. The number of Topliss-reactive ketones (excluding diaryl/α,β-unsaturated/α-hetero) is 1. The molecule has 8 heteroatoms. The number of amides is 1. The summed E-state index contributed by atoms with van der Waals surface area (Å²) >= 11 is 0. The standard InChI is InChI=1S/C24H29NO7/c1-22(7-6-17(28)25-18-14(26)4-3-13(19(18)29)21(30)31)16(27)5-8-24-10-12-9-15(20(22)24)32-23(12,2)11-24/h3-4,12,15,20,26,29H,5-11H2,1-2H3,(H,25,28)(H,30,31)/t12-,15+,20+,22-,23-,24+/m1/s1. The molecule has 1 amide bonds. The lowest BCUT2D eigenvalue weighted by atomic mass is 9.48. The number of carboxylic acid groups (broad SMARTS) is 1. The van der Waals surface area contributed by atoms with Gasteiger partial charge >= 0.3 is 5.97 Å². The zero-order valence-corrected chi connectivity index (χ0v) is 18.3. The maximum absolute atomic E-state index is 13.2. The van der Waals surface area contributed by atoms with Gasteiger partial charge in [-0.05, 0) is 62.5 Å². The molecule has 172 valence electrons. The highest BCUT2D eigenvalue weighted by Crippen LogP contribution is 2.73. The van der Waals surface area contributed by atoms with Crippen LogP contribution in [0.4, 0.5) is 5.69 Å². The van der Waals surface area contributed by atoms with Gasteiger partial charge in [0.05, 0.1) is 11.7 Å². The summed E-state index contributed by atoms with van der Waals surface area (Å²) in [6.45, 7) is 4.17. The number of carbonyl (C=O) groups is 3. The van der Waals surface area contributed by atoms with Gasteiger partial charge in [0.25, 0.3) is 0 Å². The average Bonchev–Trinajstić information content (AvgIpc) is 3.08. The Morgan fingerprint density at radius 1 is 1.25 bits per heavy atom. The van der Waals surface area contributed by atoms with Crippen molar-refractivity contribution in [3.8, 4) is 11.5 Å². The molecule has 1 aromatic rings. The average molecular weight is 443 g/mol. The summed E-state index contributed by atoms with van der Waals surface area (Å²) in [6.07, 6.45) is 4.85. The molecule has 0 unspecified atom stereocenters. The van der Waals surface area contributed by atoms with Crippen LogP contribution in [-0.4, -0.2) is 44.7 Å². The van der Waals surface area contributed by atoms with Gasteiger partial charge in [-0.3, -0.25) is 9.59 Å². The van der Waals surface area contributed by atoms with Crippen molar-refractivity contribution in [2.24, 2.45) is 22.7 Å². The van der Waals surface area contributed by atoms with Crippen molar-refractivity contribution in [3.63, 3.8) is 0 Å². The highest BCUT2D eigenvalue weighted by Gasteiger charge is 2.72. The Morgan fingerprint density at radius 3 is 2.69 bits per heavy atom. The number of aromatic carboxylic acids is 1. The van der Waals surface area contributed by atoms with Gasteiger partial charge in [-0.25, -0.2) is 4.79 Å². The summed E-state index contributed by atoms with van der Waals surface area (Å²) in [7, 11) is 0. The predicted molar refractivity (Wildman–Crippen MR) is 113 cm³/mol. The summed E-state index contributed by atoms with van der Waals surface area (Å²) < 4.78 is 6.44. The summed E-state index contributed by atoms with van der Waals surface area (Å²) in [6, 6.07) is 2.17. The number of hydrogen-bond donors (Lipinski definition) is 4. The van der Waals surface area contributed by atoms with E-state index in [0.29, 0.717) is 18.8 Å². The van der Waals surface area contributed by atoms with Crippen LogP contribution in [0.5, 0.6) is 11.5 Å². The van der Waals surface area contributed by atoms with Gasteiger partial charge in [0, 0.05) is 24.2 Å². The normalized spacial score (nSPS) is 39.2. The molecular formula is C24H29NO7. The number of phenolic OH excluding ortho intramolecular Hbond substituents is 1. The summed E-state index contributed by atoms with van der Waals surface area (Å²) in [5, 5.41) is 31.8. The third-order valence-corrected chi connectivity index (χ3v) is 8.88. The SMILES string of the molecule is C[C@@]12C[C@@]34CCC(=O)[C@@](C)(CCC(=O)Nc5c(O)ccc(C(=O)O)c5O)[C@@H]3[C@H](C[C@@H]1C4)O2. The van der Waals surface area contributed by atoms with Crippen LogP contribution in [0.3, 0.4) is 0 Å². The van der Waals surface area contributed by atoms with Gasteiger partial charge in [-0.2, -0.15) is 0 Å². The van der Waals surface area contributed by atoms with Crippen LogP contribution in [0, 0.1) is 22.7 Å². The number of hydrogen-bond acceptors (Lipinski definition) is 6. The quantitative estimate of drug-likeness (QED) is 0.512. The number of carboxylic acids is 1. The summed E-state index contributed by atoms with van der Waals surface area (Å²) in [5.41, 5.74) is -1.40. The van der Waals surface area contributed by atoms with Crippen LogP contribution in [0.1, 0.15) is 69.2 Å². The molecule has 6 rings (SSSR count). The Labute approximate surface area is 186 Å². The molecule has 3 saturated carbocycles. The number of aromatic hydroxyl groups is 2. The van der Waals surface area contributed by atoms with Gasteiger partial charge in [-0.15, -0.1) is 0 Å². The number of rotatable bonds is 5. The van der Waals surface area contributed by atoms with Crippen LogP contribution >= 0.6 is 0 Å². The molecule has 0 radical (unpaired) electrons. The van der Waals surface area contributed by atoms with Gasteiger partial charge in [-0.1, -0.05) is 6.92 Å². The fraction of sp³-hybridized carbons (Fsp3) is 0.625. The number of ether oxygens (including phenoxy) is 1. The van der Waals surface area contributed by atoms with Gasteiger partial charge < -0.3 is 25.4 Å². The van der Waals surface area contributed by atoms with Crippen molar-refractivity contribution in [3.05, 3.63) is 17.7 Å². The van der Waals surface area contributed by atoms with E-state index in [1.54, 1.807) is 0 Å². The summed E-state index contributed by atoms with van der Waals surface area (Å²) in [5.74, 6) is -2.18. The van der Waals surface area contributed by atoms with Crippen LogP contribution in [0.2, 0.25) is 0 Å². The first kappa shape index (κ1) is 21.2. The van der Waals surface area contributed by atoms with Gasteiger partial charge in [0.1, 0.15) is 22.8 Å². The van der Waals surface area contributed by atoms with E-state index in [1.165, 1.54) is 0 Å². The second-order valence-electron chi connectivity index (χ2n) is 10.7. The highest BCUT2D eigenvalue weighted by atomic mass is 16.5. The maximum Gasteiger partial charge on any atom is 0.339 e. The molecule has 32 heavy (non-hydrogen) atoms. The maximum atomic E-state index is 13.2. The van der Waals surface area contributed by atoms with E-state index in [0.717, 1.165) is 37.8 Å². The molecule has 1 aromatic carbocycles. The molecule has 4 N–H and O–H groups in total. The van der Waals surface area contributed by atoms with Crippen LogP contribution in [0.15, 0.2) is 12.1 Å². The first-order chi connectivity index (χ1) is 15.0. The molecule has 5 fully saturated rings. The number of benzene rings is 1. The Hall–Kier alpha value is -2.61. The van der Waals surface area contributed by atoms with Gasteiger partial charge in [0.2, 0.25) is 5.91 Å². The highest BCUT2D eigenvalue weighted by molar-refractivity contribution is 5.99. The van der Waals surface area contributed by atoms with Crippen molar-refractivity contribution in [1.29, 1.82) is 0 Å². The second-order valence-corrected chi connectivity index (χ2v) is 10.7. The third-order valence-electron chi connectivity index (χ3n) is 8.88. The van der Waals surface area contributed by atoms with E-state index >= 15 is 0 Å². The molecule has 4 bridgehead atoms. The van der Waals surface area contributed by atoms with Crippen molar-refractivity contribution < 1.29 is 34.4 Å². The first-order valence-electron chi connectivity index (χ1n) is 11.3. The summed E-state index contributed by atoms with van der Waals surface area (Å²) in [4.78, 5) is 37.1. The van der Waals surface area contributed by atoms with Crippen molar-refractivity contribution in [2.45, 2.75) is 70.5 Å². The van der Waals surface area contributed by atoms with Gasteiger partial charge in [0.15, 0.2) is 5.75 Å². The number of phenols is 2. The van der Waals surface area contributed by atoms with Crippen LogP contribution in [0.25, 0.3) is 0 Å². The number of nitrogens with one attached hydrogen (secondary N) is 1. The van der Waals surface area contributed by atoms with Crippen LogP contribution in [-0.2, 0) is 14.3 Å². The lowest BCUT2D eigenvalue weighted by molar-refractivity contribution is -0.191. The lowest BCUT2D eigenvalue weighted by Crippen LogP contribution is -2.58. The molecule has 2 saturated heterocycles. The molecule has 5 aliphatic rings. The molecule has 8 nitrogen and oxygen atoms in total. The Morgan fingerprint density at radius 2 is 2.00 bits per heavy atom. The molecular weight excluding hydrogens is 414 g/mol. The van der Waals surface area contributed by atoms with Crippen molar-refractivity contribution >= 4 is 23.3 Å². The minimum absolute atomic E-state index is 0.0123. The van der Waals surface area contributed by atoms with Crippen molar-refractivity contribution in [2.75, 3.05) is 5.32 Å². The number of carbonyl (C=O) groups excluding carboxylic acids is 2. The zero-order chi connectivity index (χ0) is 23.1. The Kier molecular flexibility index (Phi) is 4.45. The molecule has 0 aromatic heterocycles. The minimum atomic E-state index is -1.37. The molecule has 6 atom stereocenters. The second kappa shape index (κ2) is 6.70. The molecule has 1 spiro atoms. The number of ketones is 1. The molecule has 3 aliphatic carbocycles. The van der Waals surface area contributed by atoms with E-state index in [4.69, 9.17) is 9.84 Å². The lowest BCUT2D eigenvalue weighted by Gasteiger charge is -2.57. The van der Waals surface area contributed by atoms with E-state index in [1.807, 2.05) is 6.92 Å². The van der Waals surface area contributed by atoms with E-state index < -0.39 is 34.4 Å². The Bertz CT molecular complexity index is 1040. The van der Waals surface area contributed by atoms with E-state index in [-0.39, 0.29) is 40.9 Å². The van der Waals surface area contributed by atoms with Crippen molar-refractivity contribution in [1.82, 2.24) is 0 Å². The monoisotopic (exact) mass is 443 g/mol. The van der Waals surface area contributed by atoms with E-state index in [2.05, 4.69) is 12.2 Å². The molecule has 2 aliphatic heterocycles. The zero-order valence-electron chi connectivity index (χ0n) is 18.3. The molecule has 2 heterocycles. The minimum Gasteiger partial charge on any atom is -0.506 e. The van der Waals surface area contributed by atoms with E-state index in [9.17, 15) is 24.6 Å². The predicted octanol–water partition coefficient (Wildman–Crippen LogP) is 3.46. The fourth-order valence-electron chi connectivity index (χ4n) is 7.60. The Balaban J connectivity index is 1.35.